The quantitative estimate of drug-likeness (QED) is 0.575. The van der Waals surface area contributed by atoms with E-state index in [9.17, 15) is 14.4 Å². The molecule has 6 nitrogen and oxygen atoms in total. The van der Waals surface area contributed by atoms with Crippen LogP contribution in [0.5, 0.6) is 0 Å². The first kappa shape index (κ1) is 20.2. The SMILES string of the molecule is CCn1c(C)c(C(=O)CN(C(C)=O)C2CCCCC2)c(C)c1C(=O)OC. The highest BCUT2D eigenvalue weighted by molar-refractivity contribution is 6.04. The van der Waals surface area contributed by atoms with Crippen molar-refractivity contribution in [2.24, 2.45) is 0 Å². The molecule has 0 spiro atoms. The number of carbonyl (C=O) groups is 3. The molecule has 1 aromatic rings. The smallest absolute Gasteiger partial charge is 0.354 e. The lowest BCUT2D eigenvalue weighted by Crippen LogP contribution is -2.43. The minimum atomic E-state index is -0.442. The van der Waals surface area contributed by atoms with Crippen molar-refractivity contribution in [2.45, 2.75) is 72.4 Å². The van der Waals surface area contributed by atoms with Gasteiger partial charge in [-0.25, -0.2) is 4.79 Å². The summed E-state index contributed by atoms with van der Waals surface area (Å²) in [6.45, 7) is 7.71. The van der Waals surface area contributed by atoms with Crippen LogP contribution >= 0.6 is 0 Å². The molecule has 0 atom stereocenters. The van der Waals surface area contributed by atoms with E-state index in [0.29, 0.717) is 23.4 Å². The average molecular weight is 362 g/mol. The van der Waals surface area contributed by atoms with Gasteiger partial charge in [-0.05, 0) is 39.2 Å². The van der Waals surface area contributed by atoms with Gasteiger partial charge in [-0.3, -0.25) is 9.59 Å². The van der Waals surface area contributed by atoms with E-state index in [2.05, 4.69) is 0 Å². The number of Topliss-reactive ketones (excluding diaryl/α,β-unsaturated/α-hetero) is 1. The molecule has 1 aromatic heterocycles. The Kier molecular flexibility index (Phi) is 6.62. The number of carbonyl (C=O) groups excluding carboxylic acids is 3. The molecular formula is C20H30N2O4. The number of amides is 1. The number of esters is 1. The van der Waals surface area contributed by atoms with E-state index in [4.69, 9.17) is 4.74 Å². The maximum Gasteiger partial charge on any atom is 0.354 e. The Morgan fingerprint density at radius 3 is 2.27 bits per heavy atom. The molecule has 1 amide bonds. The van der Waals surface area contributed by atoms with Gasteiger partial charge in [0.15, 0.2) is 5.78 Å². The molecule has 26 heavy (non-hydrogen) atoms. The average Bonchev–Trinajstić information content (AvgIpc) is 2.89. The first-order chi connectivity index (χ1) is 12.3. The summed E-state index contributed by atoms with van der Waals surface area (Å²) in [5, 5.41) is 0. The van der Waals surface area contributed by atoms with Crippen molar-refractivity contribution in [3.63, 3.8) is 0 Å². The van der Waals surface area contributed by atoms with Crippen molar-refractivity contribution in [3.05, 3.63) is 22.5 Å². The molecule has 0 aromatic carbocycles. The van der Waals surface area contributed by atoms with Crippen LogP contribution in [0.25, 0.3) is 0 Å². The van der Waals surface area contributed by atoms with Crippen molar-refractivity contribution < 1.29 is 19.1 Å². The molecule has 0 bridgehead atoms. The first-order valence-electron chi connectivity index (χ1n) is 9.41. The van der Waals surface area contributed by atoms with Gasteiger partial charge in [0.2, 0.25) is 5.91 Å². The van der Waals surface area contributed by atoms with E-state index < -0.39 is 5.97 Å². The molecule has 1 heterocycles. The molecule has 0 aliphatic heterocycles. The van der Waals surface area contributed by atoms with Gasteiger partial charge in [-0.15, -0.1) is 0 Å². The number of ketones is 1. The van der Waals surface area contributed by atoms with Gasteiger partial charge in [0.1, 0.15) is 5.69 Å². The van der Waals surface area contributed by atoms with Crippen LogP contribution in [0.2, 0.25) is 0 Å². The van der Waals surface area contributed by atoms with Crippen LogP contribution in [0.4, 0.5) is 0 Å². The number of nitrogens with zero attached hydrogens (tertiary/aromatic N) is 2. The van der Waals surface area contributed by atoms with Crippen molar-refractivity contribution in [3.8, 4) is 0 Å². The standard InChI is InChI=1S/C20H30N2O4/c1-6-21-14(3)18(13(2)19(21)20(25)26-5)17(24)12-22(15(4)23)16-10-8-7-9-11-16/h16H,6-12H2,1-5H3. The highest BCUT2D eigenvalue weighted by atomic mass is 16.5. The lowest BCUT2D eigenvalue weighted by Gasteiger charge is -2.33. The minimum Gasteiger partial charge on any atom is -0.464 e. The first-order valence-corrected chi connectivity index (χ1v) is 9.41. The van der Waals surface area contributed by atoms with Crippen molar-refractivity contribution >= 4 is 17.7 Å². The predicted octanol–water partition coefficient (Wildman–Crippen LogP) is 3.28. The van der Waals surface area contributed by atoms with Crippen LogP contribution in [0.1, 0.15) is 78.1 Å². The number of hydrogen-bond donors (Lipinski definition) is 0. The van der Waals surface area contributed by atoms with E-state index in [1.807, 2.05) is 18.4 Å². The van der Waals surface area contributed by atoms with Gasteiger partial charge in [0.25, 0.3) is 0 Å². The second-order valence-electron chi connectivity index (χ2n) is 7.03. The van der Waals surface area contributed by atoms with Crippen molar-refractivity contribution in [2.75, 3.05) is 13.7 Å². The summed E-state index contributed by atoms with van der Waals surface area (Å²) in [6.07, 6.45) is 5.29. The molecule has 0 saturated heterocycles. The van der Waals surface area contributed by atoms with E-state index in [-0.39, 0.29) is 24.3 Å². The molecule has 1 aliphatic rings. The lowest BCUT2D eigenvalue weighted by atomic mass is 9.93. The Hall–Kier alpha value is -2.11. The summed E-state index contributed by atoms with van der Waals surface area (Å²) >= 11 is 0. The zero-order valence-electron chi connectivity index (χ0n) is 16.6. The number of rotatable bonds is 6. The summed E-state index contributed by atoms with van der Waals surface area (Å²) in [6, 6.07) is 0.138. The topological polar surface area (TPSA) is 68.6 Å². The third kappa shape index (κ3) is 3.84. The van der Waals surface area contributed by atoms with Crippen molar-refractivity contribution in [1.29, 1.82) is 0 Å². The summed E-state index contributed by atoms with van der Waals surface area (Å²) < 4.78 is 6.70. The summed E-state index contributed by atoms with van der Waals surface area (Å²) in [5.74, 6) is -0.621. The number of methoxy groups -OCH3 is 1. The molecule has 1 aliphatic carbocycles. The molecule has 1 fully saturated rings. The van der Waals surface area contributed by atoms with Crippen LogP contribution in [-0.2, 0) is 16.1 Å². The molecular weight excluding hydrogens is 332 g/mol. The Bertz CT molecular complexity index is 699. The maximum absolute atomic E-state index is 13.1. The predicted molar refractivity (Wildman–Crippen MR) is 99.5 cm³/mol. The molecule has 2 rings (SSSR count). The fourth-order valence-corrected chi connectivity index (χ4v) is 4.19. The number of aromatic nitrogens is 1. The van der Waals surface area contributed by atoms with Gasteiger partial charge in [0, 0.05) is 30.8 Å². The van der Waals surface area contributed by atoms with E-state index in [1.54, 1.807) is 11.8 Å². The second-order valence-corrected chi connectivity index (χ2v) is 7.03. The third-order valence-corrected chi connectivity index (χ3v) is 5.47. The normalized spacial score (nSPS) is 15.0. The van der Waals surface area contributed by atoms with E-state index >= 15 is 0 Å². The van der Waals surface area contributed by atoms with Gasteiger partial charge in [-0.2, -0.15) is 0 Å². The maximum atomic E-state index is 13.1. The summed E-state index contributed by atoms with van der Waals surface area (Å²) in [5.41, 5.74) is 2.34. The van der Waals surface area contributed by atoms with Crippen LogP contribution in [0.15, 0.2) is 0 Å². The summed E-state index contributed by atoms with van der Waals surface area (Å²) in [4.78, 5) is 39.1. The van der Waals surface area contributed by atoms with Crippen molar-refractivity contribution in [1.82, 2.24) is 9.47 Å². The summed E-state index contributed by atoms with van der Waals surface area (Å²) in [7, 11) is 1.34. The molecule has 1 saturated carbocycles. The fourth-order valence-electron chi connectivity index (χ4n) is 4.19. The molecule has 144 valence electrons. The zero-order valence-corrected chi connectivity index (χ0v) is 16.6. The van der Waals surface area contributed by atoms with Gasteiger partial charge < -0.3 is 14.2 Å². The second kappa shape index (κ2) is 8.52. The molecule has 0 radical (unpaired) electrons. The van der Waals surface area contributed by atoms with E-state index in [1.165, 1.54) is 20.5 Å². The van der Waals surface area contributed by atoms with Gasteiger partial charge in [-0.1, -0.05) is 19.3 Å². The van der Waals surface area contributed by atoms with Crippen LogP contribution < -0.4 is 0 Å². The third-order valence-electron chi connectivity index (χ3n) is 5.47. The lowest BCUT2D eigenvalue weighted by molar-refractivity contribution is -0.131. The molecule has 0 N–H and O–H groups in total. The van der Waals surface area contributed by atoms with Crippen LogP contribution in [0.3, 0.4) is 0 Å². The highest BCUT2D eigenvalue weighted by Gasteiger charge is 2.30. The Morgan fingerprint density at radius 1 is 1.15 bits per heavy atom. The van der Waals surface area contributed by atoms with Crippen LogP contribution in [0, 0.1) is 13.8 Å². The van der Waals surface area contributed by atoms with Gasteiger partial charge in [0.05, 0.1) is 13.7 Å². The molecule has 0 unspecified atom stereocenters. The minimum absolute atomic E-state index is 0.0655. The highest BCUT2D eigenvalue weighted by Crippen LogP contribution is 2.26. The van der Waals surface area contributed by atoms with E-state index in [0.717, 1.165) is 31.4 Å². The molecule has 6 heteroatoms. The fraction of sp³-hybridized carbons (Fsp3) is 0.650. The van der Waals surface area contributed by atoms with Crippen LogP contribution in [-0.4, -0.2) is 46.8 Å². The Balaban J connectivity index is 2.34. The largest absolute Gasteiger partial charge is 0.464 e. The Morgan fingerprint density at radius 2 is 1.77 bits per heavy atom. The van der Waals surface area contributed by atoms with Gasteiger partial charge >= 0.3 is 5.97 Å². The zero-order chi connectivity index (χ0) is 19.4. The number of hydrogen-bond acceptors (Lipinski definition) is 4. The number of ether oxygens (including phenoxy) is 1. The Labute approximate surface area is 155 Å². The monoisotopic (exact) mass is 362 g/mol.